The molecule has 0 aliphatic carbocycles. The smallest absolute Gasteiger partial charge is 0.338 e. The summed E-state index contributed by atoms with van der Waals surface area (Å²) in [6.07, 6.45) is 0. The molecule has 0 saturated heterocycles. The number of hydrogen-bond acceptors (Lipinski definition) is 6. The van der Waals surface area contributed by atoms with Crippen LogP contribution in [0.15, 0.2) is 47.0 Å². The summed E-state index contributed by atoms with van der Waals surface area (Å²) in [4.78, 5) is 24.3. The fourth-order valence-corrected chi connectivity index (χ4v) is 2.82. The van der Waals surface area contributed by atoms with Crippen LogP contribution in [0.1, 0.15) is 38.5 Å². The van der Waals surface area contributed by atoms with Gasteiger partial charge in [-0.25, -0.2) is 4.79 Å². The van der Waals surface area contributed by atoms with Gasteiger partial charge in [0.05, 0.1) is 16.8 Å². The van der Waals surface area contributed by atoms with E-state index in [2.05, 4.69) is 10.5 Å². The van der Waals surface area contributed by atoms with E-state index < -0.39 is 11.9 Å². The Morgan fingerprint density at radius 2 is 1.77 bits per heavy atom. The molecule has 0 spiro atoms. The van der Waals surface area contributed by atoms with Gasteiger partial charge >= 0.3 is 5.97 Å². The van der Waals surface area contributed by atoms with Crippen LogP contribution in [-0.2, 0) is 16.1 Å². The minimum Gasteiger partial charge on any atom is -0.489 e. The van der Waals surface area contributed by atoms with E-state index in [1.807, 2.05) is 45.9 Å². The van der Waals surface area contributed by atoms with Gasteiger partial charge < -0.3 is 19.3 Å². The van der Waals surface area contributed by atoms with E-state index in [1.165, 1.54) is 0 Å². The first-order chi connectivity index (χ1) is 14.3. The number of amides is 1. The summed E-state index contributed by atoms with van der Waals surface area (Å²) in [5.74, 6) is 0.339. The van der Waals surface area contributed by atoms with Crippen LogP contribution in [0.4, 0.5) is 5.69 Å². The molecule has 156 valence electrons. The number of carbonyl (C=O) groups is 2. The van der Waals surface area contributed by atoms with Crippen molar-refractivity contribution in [3.05, 3.63) is 76.2 Å². The van der Waals surface area contributed by atoms with Gasteiger partial charge in [-0.3, -0.25) is 4.79 Å². The highest BCUT2D eigenvalue weighted by Crippen LogP contribution is 2.19. The standard InChI is InChI=1S/C23H24N2O5/c1-14-5-6-15(2)21(11-14)24-22(26)13-29-23(27)18-7-9-19(10-8-18)28-12-20-16(3)25-30-17(20)4/h5-11H,12-13H2,1-4H3,(H,24,26). The summed E-state index contributed by atoms with van der Waals surface area (Å²) >= 11 is 0. The second kappa shape index (κ2) is 9.26. The van der Waals surface area contributed by atoms with Gasteiger partial charge in [-0.1, -0.05) is 17.3 Å². The van der Waals surface area contributed by atoms with E-state index in [9.17, 15) is 9.59 Å². The molecule has 30 heavy (non-hydrogen) atoms. The third kappa shape index (κ3) is 5.26. The summed E-state index contributed by atoms with van der Waals surface area (Å²) in [7, 11) is 0. The zero-order valence-electron chi connectivity index (χ0n) is 17.4. The van der Waals surface area contributed by atoms with Crippen molar-refractivity contribution >= 4 is 17.6 Å². The average molecular weight is 408 g/mol. The van der Waals surface area contributed by atoms with Crippen LogP contribution in [0.5, 0.6) is 5.75 Å². The van der Waals surface area contributed by atoms with Crippen molar-refractivity contribution in [1.29, 1.82) is 0 Å². The van der Waals surface area contributed by atoms with Crippen molar-refractivity contribution in [2.24, 2.45) is 0 Å². The monoisotopic (exact) mass is 408 g/mol. The van der Waals surface area contributed by atoms with Crippen molar-refractivity contribution in [2.45, 2.75) is 34.3 Å². The first-order valence-electron chi connectivity index (χ1n) is 9.52. The number of nitrogens with zero attached hydrogens (tertiary/aromatic N) is 1. The van der Waals surface area contributed by atoms with Gasteiger partial charge in [0, 0.05) is 5.69 Å². The average Bonchev–Trinajstić information content (AvgIpc) is 3.05. The third-order valence-electron chi connectivity index (χ3n) is 4.66. The van der Waals surface area contributed by atoms with E-state index in [0.717, 1.165) is 22.4 Å². The Balaban J connectivity index is 1.50. The minimum absolute atomic E-state index is 0.323. The number of anilines is 1. The predicted molar refractivity (Wildman–Crippen MR) is 112 cm³/mol. The Labute approximate surface area is 175 Å². The number of carbonyl (C=O) groups excluding carboxylic acids is 2. The molecule has 0 aliphatic heterocycles. The van der Waals surface area contributed by atoms with E-state index >= 15 is 0 Å². The molecule has 1 aromatic heterocycles. The summed E-state index contributed by atoms with van der Waals surface area (Å²) in [5.41, 5.74) is 4.69. The Kier molecular flexibility index (Phi) is 6.51. The molecule has 0 saturated carbocycles. The molecular weight excluding hydrogens is 384 g/mol. The quantitative estimate of drug-likeness (QED) is 0.587. The lowest BCUT2D eigenvalue weighted by molar-refractivity contribution is -0.119. The second-order valence-electron chi connectivity index (χ2n) is 7.06. The Morgan fingerprint density at radius 3 is 2.43 bits per heavy atom. The van der Waals surface area contributed by atoms with Crippen molar-refractivity contribution in [2.75, 3.05) is 11.9 Å². The molecule has 0 atom stereocenters. The topological polar surface area (TPSA) is 90.7 Å². The van der Waals surface area contributed by atoms with Crippen LogP contribution >= 0.6 is 0 Å². The van der Waals surface area contributed by atoms with Crippen LogP contribution in [0, 0.1) is 27.7 Å². The molecule has 3 rings (SSSR count). The van der Waals surface area contributed by atoms with Crippen LogP contribution in [-0.4, -0.2) is 23.6 Å². The van der Waals surface area contributed by atoms with E-state index in [4.69, 9.17) is 14.0 Å². The van der Waals surface area contributed by atoms with Gasteiger partial charge in [0.1, 0.15) is 18.1 Å². The molecule has 0 fully saturated rings. The fraction of sp³-hybridized carbons (Fsp3) is 0.261. The van der Waals surface area contributed by atoms with Gasteiger partial charge in [-0.2, -0.15) is 0 Å². The second-order valence-corrected chi connectivity index (χ2v) is 7.06. The molecular formula is C23H24N2O5. The zero-order chi connectivity index (χ0) is 21.7. The first-order valence-corrected chi connectivity index (χ1v) is 9.52. The molecule has 1 amide bonds. The van der Waals surface area contributed by atoms with Crippen LogP contribution in [0.3, 0.4) is 0 Å². The fourth-order valence-electron chi connectivity index (χ4n) is 2.82. The number of aryl methyl sites for hydroxylation is 4. The maximum atomic E-state index is 12.2. The van der Waals surface area contributed by atoms with E-state index in [-0.39, 0.29) is 6.61 Å². The number of hydrogen-bond donors (Lipinski definition) is 1. The number of ether oxygens (including phenoxy) is 2. The van der Waals surface area contributed by atoms with Crippen molar-refractivity contribution < 1.29 is 23.6 Å². The molecule has 7 nitrogen and oxygen atoms in total. The highest BCUT2D eigenvalue weighted by molar-refractivity contribution is 5.96. The third-order valence-corrected chi connectivity index (χ3v) is 4.66. The van der Waals surface area contributed by atoms with Gasteiger partial charge in [0.2, 0.25) is 0 Å². The maximum Gasteiger partial charge on any atom is 0.338 e. The van der Waals surface area contributed by atoms with Gasteiger partial charge in [0.15, 0.2) is 6.61 Å². The maximum absolute atomic E-state index is 12.2. The lowest BCUT2D eigenvalue weighted by atomic mass is 10.1. The Hall–Kier alpha value is -3.61. The summed E-state index contributed by atoms with van der Waals surface area (Å²) in [6.45, 7) is 7.48. The molecule has 2 aromatic carbocycles. The molecule has 0 radical (unpaired) electrons. The number of esters is 1. The summed E-state index contributed by atoms with van der Waals surface area (Å²) in [5, 5.41) is 6.64. The molecule has 7 heteroatoms. The lowest BCUT2D eigenvalue weighted by Crippen LogP contribution is -2.21. The SMILES string of the molecule is Cc1ccc(C)c(NC(=O)COC(=O)c2ccc(OCc3c(C)noc3C)cc2)c1. The highest BCUT2D eigenvalue weighted by atomic mass is 16.5. The van der Waals surface area contributed by atoms with E-state index in [1.54, 1.807) is 24.3 Å². The van der Waals surface area contributed by atoms with Crippen LogP contribution < -0.4 is 10.1 Å². The zero-order valence-corrected chi connectivity index (χ0v) is 17.4. The minimum atomic E-state index is -0.580. The Bertz CT molecular complexity index is 1030. The van der Waals surface area contributed by atoms with E-state index in [0.29, 0.717) is 29.4 Å². The van der Waals surface area contributed by atoms with Gasteiger partial charge in [-0.05, 0) is 69.2 Å². The number of rotatable bonds is 7. The molecule has 0 unspecified atom stereocenters. The molecule has 1 N–H and O–H groups in total. The largest absolute Gasteiger partial charge is 0.489 e. The van der Waals surface area contributed by atoms with Crippen molar-refractivity contribution in [3.63, 3.8) is 0 Å². The molecule has 0 aliphatic rings. The normalized spacial score (nSPS) is 10.5. The van der Waals surface area contributed by atoms with Crippen molar-refractivity contribution in [1.82, 2.24) is 5.16 Å². The Morgan fingerprint density at radius 1 is 1.03 bits per heavy atom. The summed E-state index contributed by atoms with van der Waals surface area (Å²) in [6, 6.07) is 12.3. The predicted octanol–water partition coefficient (Wildman–Crippen LogP) is 4.28. The lowest BCUT2D eigenvalue weighted by Gasteiger charge is -2.10. The number of nitrogens with one attached hydrogen (secondary N) is 1. The molecule has 0 bridgehead atoms. The summed E-state index contributed by atoms with van der Waals surface area (Å²) < 4.78 is 15.9. The van der Waals surface area contributed by atoms with Crippen LogP contribution in [0.25, 0.3) is 0 Å². The molecule has 3 aromatic rings. The highest BCUT2D eigenvalue weighted by Gasteiger charge is 2.13. The number of aromatic nitrogens is 1. The van der Waals surface area contributed by atoms with Crippen LogP contribution in [0.2, 0.25) is 0 Å². The molecule has 1 heterocycles. The number of benzene rings is 2. The van der Waals surface area contributed by atoms with Gasteiger partial charge in [-0.15, -0.1) is 0 Å². The van der Waals surface area contributed by atoms with Gasteiger partial charge in [0.25, 0.3) is 5.91 Å². The van der Waals surface area contributed by atoms with Crippen molar-refractivity contribution in [3.8, 4) is 5.75 Å². The first kappa shape index (κ1) is 21.1.